The number of aryl methyl sites for hydroxylation is 2. The molecule has 0 spiro atoms. The van der Waals surface area contributed by atoms with Gasteiger partial charge in [-0.3, -0.25) is 0 Å². The lowest BCUT2D eigenvalue weighted by atomic mass is 10.0. The van der Waals surface area contributed by atoms with Crippen LogP contribution < -0.4 is 4.72 Å². The topological polar surface area (TPSA) is 74.8 Å². The zero-order chi connectivity index (χ0) is 14.9. The Hall–Kier alpha value is -1.66. The molecule has 0 unspecified atom stereocenters. The first kappa shape index (κ1) is 14.7. The van der Waals surface area contributed by atoms with E-state index in [1.54, 1.807) is 12.4 Å². The highest BCUT2D eigenvalue weighted by molar-refractivity contribution is 7.89. The van der Waals surface area contributed by atoms with E-state index in [9.17, 15) is 8.42 Å². The summed E-state index contributed by atoms with van der Waals surface area (Å²) in [5, 5.41) is 0. The molecule has 0 atom stereocenters. The fourth-order valence-electron chi connectivity index (χ4n) is 2.21. The Morgan fingerprint density at radius 3 is 2.25 bits per heavy atom. The Morgan fingerprint density at radius 1 is 1.15 bits per heavy atom. The summed E-state index contributed by atoms with van der Waals surface area (Å²) < 4.78 is 27.6. The maximum atomic E-state index is 12.5. The number of hydrogen-bond donors (Lipinski definition) is 2. The second-order valence-electron chi connectivity index (χ2n) is 4.95. The van der Waals surface area contributed by atoms with Crippen molar-refractivity contribution in [2.75, 3.05) is 0 Å². The molecule has 0 radical (unpaired) electrons. The van der Waals surface area contributed by atoms with Gasteiger partial charge in [-0.2, -0.15) is 0 Å². The van der Waals surface area contributed by atoms with Crippen LogP contribution in [0.25, 0.3) is 0 Å². The van der Waals surface area contributed by atoms with Gasteiger partial charge in [0.2, 0.25) is 10.0 Å². The molecule has 2 aromatic rings. The lowest BCUT2D eigenvalue weighted by molar-refractivity contribution is 0.578. The number of aromatic amines is 1. The second kappa shape index (κ2) is 5.38. The van der Waals surface area contributed by atoms with Crippen LogP contribution in [0.5, 0.6) is 0 Å². The lowest BCUT2D eigenvalue weighted by Crippen LogP contribution is -2.26. The predicted octanol–water partition coefficient (Wildman–Crippen LogP) is 2.12. The van der Waals surface area contributed by atoms with Crippen molar-refractivity contribution in [2.45, 2.75) is 39.1 Å². The maximum Gasteiger partial charge on any atom is 0.241 e. The molecule has 0 saturated heterocycles. The number of aromatic nitrogens is 2. The third kappa shape index (κ3) is 2.76. The zero-order valence-electron chi connectivity index (χ0n) is 12.1. The Balaban J connectivity index is 2.39. The summed E-state index contributed by atoms with van der Waals surface area (Å²) in [5.41, 5.74) is 3.54. The average molecular weight is 293 g/mol. The van der Waals surface area contributed by atoms with Crippen molar-refractivity contribution in [3.05, 3.63) is 46.5 Å². The molecule has 0 aliphatic rings. The number of rotatable bonds is 4. The largest absolute Gasteiger partial charge is 0.347 e. The van der Waals surface area contributed by atoms with Crippen molar-refractivity contribution in [2.24, 2.45) is 0 Å². The Kier molecular flexibility index (Phi) is 3.96. The van der Waals surface area contributed by atoms with E-state index in [0.717, 1.165) is 22.3 Å². The Morgan fingerprint density at radius 2 is 1.75 bits per heavy atom. The van der Waals surface area contributed by atoms with E-state index in [1.807, 2.05) is 33.8 Å². The summed E-state index contributed by atoms with van der Waals surface area (Å²) in [6.07, 6.45) is 3.26. The van der Waals surface area contributed by atoms with Gasteiger partial charge in [0.1, 0.15) is 5.82 Å². The molecule has 5 nitrogen and oxygen atoms in total. The first-order chi connectivity index (χ1) is 9.33. The quantitative estimate of drug-likeness (QED) is 0.906. The molecule has 20 heavy (non-hydrogen) atoms. The molecule has 108 valence electrons. The van der Waals surface area contributed by atoms with Gasteiger partial charge in [-0.25, -0.2) is 18.1 Å². The maximum absolute atomic E-state index is 12.5. The zero-order valence-corrected chi connectivity index (χ0v) is 12.9. The van der Waals surface area contributed by atoms with Crippen molar-refractivity contribution in [1.82, 2.24) is 14.7 Å². The molecule has 2 rings (SSSR count). The van der Waals surface area contributed by atoms with Gasteiger partial charge >= 0.3 is 0 Å². The Bertz CT molecular complexity index is 693. The van der Waals surface area contributed by atoms with Gasteiger partial charge in [0, 0.05) is 12.4 Å². The molecule has 1 heterocycles. The molecule has 6 heteroatoms. The van der Waals surface area contributed by atoms with E-state index in [2.05, 4.69) is 14.7 Å². The molecule has 0 amide bonds. The fourth-order valence-corrected chi connectivity index (χ4v) is 3.81. The van der Waals surface area contributed by atoms with Crippen LogP contribution in [0.4, 0.5) is 0 Å². The van der Waals surface area contributed by atoms with Crippen LogP contribution in [0.2, 0.25) is 0 Å². The summed E-state index contributed by atoms with van der Waals surface area (Å²) in [6, 6.07) is 2.01. The smallest absolute Gasteiger partial charge is 0.241 e. The van der Waals surface area contributed by atoms with E-state index in [0.29, 0.717) is 10.7 Å². The van der Waals surface area contributed by atoms with E-state index in [4.69, 9.17) is 0 Å². The number of nitrogens with one attached hydrogen (secondary N) is 2. The van der Waals surface area contributed by atoms with Gasteiger partial charge in [0.05, 0.1) is 11.4 Å². The van der Waals surface area contributed by atoms with Crippen LogP contribution in [0.3, 0.4) is 0 Å². The summed E-state index contributed by atoms with van der Waals surface area (Å²) in [5.74, 6) is 0.591. The molecule has 0 aliphatic heterocycles. The van der Waals surface area contributed by atoms with Crippen LogP contribution in [-0.2, 0) is 16.6 Å². The van der Waals surface area contributed by atoms with Crippen LogP contribution in [0, 0.1) is 27.7 Å². The van der Waals surface area contributed by atoms with Gasteiger partial charge in [-0.15, -0.1) is 0 Å². The lowest BCUT2D eigenvalue weighted by Gasteiger charge is -2.15. The van der Waals surface area contributed by atoms with Gasteiger partial charge in [-0.1, -0.05) is 6.07 Å². The normalized spacial score (nSPS) is 11.8. The van der Waals surface area contributed by atoms with Crippen molar-refractivity contribution in [3.8, 4) is 0 Å². The molecule has 1 aromatic carbocycles. The van der Waals surface area contributed by atoms with Crippen molar-refractivity contribution in [1.29, 1.82) is 0 Å². The van der Waals surface area contributed by atoms with E-state index in [-0.39, 0.29) is 6.54 Å². The molecule has 0 bridgehead atoms. The van der Waals surface area contributed by atoms with Gasteiger partial charge in [0.15, 0.2) is 0 Å². The van der Waals surface area contributed by atoms with Gasteiger partial charge in [-0.05, 0) is 49.9 Å². The number of sulfonamides is 1. The second-order valence-corrected chi connectivity index (χ2v) is 6.65. The highest BCUT2D eigenvalue weighted by Gasteiger charge is 2.21. The van der Waals surface area contributed by atoms with Crippen LogP contribution >= 0.6 is 0 Å². The number of benzene rings is 1. The summed E-state index contributed by atoms with van der Waals surface area (Å²) >= 11 is 0. The third-order valence-electron chi connectivity index (χ3n) is 3.55. The highest BCUT2D eigenvalue weighted by Crippen LogP contribution is 2.25. The minimum atomic E-state index is -3.55. The summed E-state index contributed by atoms with van der Waals surface area (Å²) in [6.45, 7) is 7.67. The fraction of sp³-hybridized carbons (Fsp3) is 0.357. The summed E-state index contributed by atoms with van der Waals surface area (Å²) in [4.78, 5) is 7.26. The van der Waals surface area contributed by atoms with Crippen molar-refractivity contribution < 1.29 is 8.42 Å². The van der Waals surface area contributed by atoms with Crippen LogP contribution in [-0.4, -0.2) is 18.4 Å². The summed E-state index contributed by atoms with van der Waals surface area (Å²) in [7, 11) is -3.55. The molecule has 0 aliphatic carbocycles. The molecule has 2 N–H and O–H groups in total. The molecular weight excluding hydrogens is 274 g/mol. The number of H-pyrrole nitrogens is 1. The molecule has 0 fully saturated rings. The van der Waals surface area contributed by atoms with Crippen molar-refractivity contribution >= 4 is 10.0 Å². The third-order valence-corrected chi connectivity index (χ3v) is 5.22. The number of imidazole rings is 1. The average Bonchev–Trinajstić information content (AvgIpc) is 2.87. The van der Waals surface area contributed by atoms with E-state index in [1.165, 1.54) is 0 Å². The van der Waals surface area contributed by atoms with Crippen LogP contribution in [0.1, 0.15) is 28.1 Å². The number of hydrogen-bond acceptors (Lipinski definition) is 3. The molecule has 0 saturated carbocycles. The van der Waals surface area contributed by atoms with Gasteiger partial charge in [0.25, 0.3) is 0 Å². The monoisotopic (exact) mass is 293 g/mol. The van der Waals surface area contributed by atoms with Gasteiger partial charge < -0.3 is 4.98 Å². The SMILES string of the molecule is Cc1cc(C)c(C)c(S(=O)(=O)NCc2ncc[nH]2)c1C. The number of nitrogens with zero attached hydrogens (tertiary/aromatic N) is 1. The first-order valence-electron chi connectivity index (χ1n) is 6.38. The Labute approximate surface area is 119 Å². The molecule has 1 aromatic heterocycles. The highest BCUT2D eigenvalue weighted by atomic mass is 32.2. The minimum absolute atomic E-state index is 0.154. The van der Waals surface area contributed by atoms with Crippen molar-refractivity contribution in [3.63, 3.8) is 0 Å². The minimum Gasteiger partial charge on any atom is -0.347 e. The van der Waals surface area contributed by atoms with E-state index >= 15 is 0 Å². The predicted molar refractivity (Wildman–Crippen MR) is 78.0 cm³/mol. The van der Waals surface area contributed by atoms with E-state index < -0.39 is 10.0 Å². The molecular formula is C14H19N3O2S. The first-order valence-corrected chi connectivity index (χ1v) is 7.86. The standard InChI is InChI=1S/C14H19N3O2S/c1-9-7-10(2)12(4)14(11(9)3)20(18,19)17-8-13-15-5-6-16-13/h5-7,17H,8H2,1-4H3,(H,15,16). The van der Waals surface area contributed by atoms with Crippen LogP contribution in [0.15, 0.2) is 23.4 Å².